The van der Waals surface area contributed by atoms with Gasteiger partial charge in [0.2, 0.25) is 0 Å². The molecule has 0 spiro atoms. The predicted octanol–water partition coefficient (Wildman–Crippen LogP) is 2.58. The molecule has 1 aromatic heterocycles. The quantitative estimate of drug-likeness (QED) is 0.538. The molecule has 148 valence electrons. The average molecular weight is 402 g/mol. The van der Waals surface area contributed by atoms with E-state index in [1.54, 1.807) is 26.4 Å². The number of rotatable bonds is 6. The molecule has 0 saturated carbocycles. The monoisotopic (exact) mass is 402 g/mol. The number of nitrogens with zero attached hydrogens (tertiary/aromatic N) is 4. The number of ether oxygens (including phenoxy) is 2. The number of hydrogen-bond donors (Lipinski definition) is 0. The Hall–Kier alpha value is -2.78. The highest BCUT2D eigenvalue weighted by Gasteiger charge is 2.29. The van der Waals surface area contributed by atoms with Crippen LogP contribution in [0.1, 0.15) is 12.5 Å². The molecular formula is C19H22N4O4S. The molecule has 1 unspecified atom stereocenters. The Morgan fingerprint density at radius 3 is 2.57 bits per heavy atom. The Morgan fingerprint density at radius 1 is 1.21 bits per heavy atom. The molecule has 0 bridgehead atoms. The van der Waals surface area contributed by atoms with Crippen molar-refractivity contribution in [3.63, 3.8) is 0 Å². The number of aromatic nitrogens is 2. The summed E-state index contributed by atoms with van der Waals surface area (Å²) < 4.78 is 22.6. The molecular weight excluding hydrogens is 380 g/mol. The van der Waals surface area contributed by atoms with Crippen molar-refractivity contribution in [1.82, 2.24) is 9.97 Å². The number of carbonyl (C=O) groups excluding carboxylic acids is 1. The van der Waals surface area contributed by atoms with Crippen LogP contribution in [-0.4, -0.2) is 53.9 Å². The summed E-state index contributed by atoms with van der Waals surface area (Å²) >= 11 is 0. The largest absolute Gasteiger partial charge is 0.463 e. The molecule has 0 fully saturated rings. The van der Waals surface area contributed by atoms with Crippen LogP contribution in [0.4, 0.5) is 23.0 Å². The Kier molecular flexibility index (Phi) is 6.05. The van der Waals surface area contributed by atoms with Crippen molar-refractivity contribution in [2.24, 2.45) is 0 Å². The van der Waals surface area contributed by atoms with Gasteiger partial charge in [-0.15, -0.1) is 0 Å². The van der Waals surface area contributed by atoms with Crippen molar-refractivity contribution in [1.29, 1.82) is 0 Å². The molecule has 1 atom stereocenters. The topological polar surface area (TPSA) is 84.9 Å². The van der Waals surface area contributed by atoms with E-state index in [-0.39, 0.29) is 13.3 Å². The summed E-state index contributed by atoms with van der Waals surface area (Å²) in [5.41, 5.74) is 2.37. The van der Waals surface area contributed by atoms with Crippen molar-refractivity contribution in [2.75, 3.05) is 43.6 Å². The normalized spacial score (nSPS) is 14.4. The van der Waals surface area contributed by atoms with Gasteiger partial charge in [0.15, 0.2) is 11.6 Å². The Bertz CT molecular complexity index is 947. The van der Waals surface area contributed by atoms with Gasteiger partial charge < -0.3 is 14.4 Å². The van der Waals surface area contributed by atoms with Gasteiger partial charge in [-0.3, -0.25) is 9.11 Å². The molecule has 3 rings (SSSR count). The van der Waals surface area contributed by atoms with Crippen LogP contribution < -0.4 is 9.80 Å². The van der Waals surface area contributed by atoms with E-state index in [0.717, 1.165) is 11.4 Å². The molecule has 0 N–H and O–H groups in total. The first-order chi connectivity index (χ1) is 13.5. The average Bonchev–Trinajstić information content (AvgIpc) is 2.69. The van der Waals surface area contributed by atoms with Crippen LogP contribution in [0.3, 0.4) is 0 Å². The van der Waals surface area contributed by atoms with Gasteiger partial charge in [0.1, 0.15) is 6.73 Å². The van der Waals surface area contributed by atoms with Crippen molar-refractivity contribution >= 4 is 44.7 Å². The summed E-state index contributed by atoms with van der Waals surface area (Å²) in [6.45, 7) is 2.25. The van der Waals surface area contributed by atoms with Crippen molar-refractivity contribution in [3.05, 3.63) is 42.2 Å². The second kappa shape index (κ2) is 8.49. The van der Waals surface area contributed by atoms with Gasteiger partial charge in [-0.2, -0.15) is 0 Å². The van der Waals surface area contributed by atoms with E-state index in [9.17, 15) is 9.00 Å². The summed E-state index contributed by atoms with van der Waals surface area (Å²) in [7, 11) is 2.13. The number of esters is 1. The molecule has 0 radical (unpaired) electrons. The second-order valence-electron chi connectivity index (χ2n) is 6.03. The maximum absolute atomic E-state index is 12.3. The third-order valence-corrected chi connectivity index (χ3v) is 5.22. The smallest absolute Gasteiger partial charge is 0.331 e. The van der Waals surface area contributed by atoms with Crippen LogP contribution in [0.2, 0.25) is 0 Å². The van der Waals surface area contributed by atoms with Crippen molar-refractivity contribution < 1.29 is 18.5 Å². The zero-order chi connectivity index (χ0) is 20.3. The molecule has 2 heterocycles. The molecule has 0 amide bonds. The van der Waals surface area contributed by atoms with E-state index in [0.29, 0.717) is 22.1 Å². The number of benzene rings is 1. The van der Waals surface area contributed by atoms with Gasteiger partial charge in [-0.05, 0) is 24.6 Å². The lowest BCUT2D eigenvalue weighted by Crippen LogP contribution is -2.30. The zero-order valence-electron chi connectivity index (χ0n) is 16.2. The minimum Gasteiger partial charge on any atom is -0.463 e. The number of hydrogen-bond acceptors (Lipinski definition) is 8. The maximum Gasteiger partial charge on any atom is 0.331 e. The van der Waals surface area contributed by atoms with Crippen LogP contribution in [0.5, 0.6) is 0 Å². The first kappa shape index (κ1) is 20.0. The van der Waals surface area contributed by atoms with E-state index < -0.39 is 16.8 Å². The van der Waals surface area contributed by atoms with Crippen molar-refractivity contribution in [3.8, 4) is 0 Å². The molecule has 0 aliphatic carbocycles. The first-order valence-electron chi connectivity index (χ1n) is 8.65. The highest BCUT2D eigenvalue weighted by atomic mass is 32.2. The molecule has 28 heavy (non-hydrogen) atoms. The van der Waals surface area contributed by atoms with Gasteiger partial charge >= 0.3 is 5.97 Å². The fraction of sp³-hybridized carbons (Fsp3) is 0.316. The molecule has 1 aliphatic heterocycles. The SMILES string of the molecule is CCOC(=O)C=C(c1ccc2c(c1)N(COC)c1nccnc1N2C)S(C)=O. The molecule has 1 aliphatic rings. The highest BCUT2D eigenvalue weighted by Crippen LogP contribution is 2.45. The zero-order valence-corrected chi connectivity index (χ0v) is 17.0. The minimum atomic E-state index is -1.38. The molecule has 9 heteroatoms. The van der Waals surface area contributed by atoms with Crippen LogP contribution in [0, 0.1) is 0 Å². The number of carbonyl (C=O) groups is 1. The van der Waals surface area contributed by atoms with E-state index >= 15 is 0 Å². The van der Waals surface area contributed by atoms with Crippen LogP contribution in [-0.2, 0) is 25.1 Å². The second-order valence-corrected chi connectivity index (χ2v) is 7.37. The maximum atomic E-state index is 12.3. The lowest BCUT2D eigenvalue weighted by molar-refractivity contribution is -0.137. The van der Waals surface area contributed by atoms with Crippen molar-refractivity contribution in [2.45, 2.75) is 6.92 Å². The van der Waals surface area contributed by atoms with E-state index in [1.807, 2.05) is 35.0 Å². The lowest BCUT2D eigenvalue weighted by Gasteiger charge is -2.36. The number of methoxy groups -OCH3 is 1. The standard InChI is InChI=1S/C19H22N4O4S/c1-5-27-17(24)11-16(28(4)25)13-6-7-14-15(10-13)23(12-26-3)19-18(22(14)2)20-8-9-21-19/h6-11H,5,12H2,1-4H3. The van der Waals surface area contributed by atoms with Gasteiger partial charge in [-0.1, -0.05) is 6.07 Å². The number of anilines is 4. The van der Waals surface area contributed by atoms with Gasteiger partial charge in [0.05, 0.1) is 33.7 Å². The van der Waals surface area contributed by atoms with Gasteiger partial charge in [-0.25, -0.2) is 14.8 Å². The van der Waals surface area contributed by atoms with Crippen LogP contribution in [0.25, 0.3) is 4.91 Å². The lowest BCUT2D eigenvalue weighted by atomic mass is 10.1. The summed E-state index contributed by atoms with van der Waals surface area (Å²) in [4.78, 5) is 25.0. The Balaban J connectivity index is 2.12. The minimum absolute atomic E-state index is 0.255. The van der Waals surface area contributed by atoms with E-state index in [2.05, 4.69) is 9.97 Å². The van der Waals surface area contributed by atoms with E-state index in [4.69, 9.17) is 9.47 Å². The van der Waals surface area contributed by atoms with Crippen LogP contribution >= 0.6 is 0 Å². The third kappa shape index (κ3) is 3.76. The molecule has 8 nitrogen and oxygen atoms in total. The van der Waals surface area contributed by atoms with E-state index in [1.165, 1.54) is 12.3 Å². The van der Waals surface area contributed by atoms with Gasteiger partial charge in [0, 0.05) is 38.9 Å². The molecule has 2 aromatic rings. The highest BCUT2D eigenvalue weighted by molar-refractivity contribution is 7.93. The third-order valence-electron chi connectivity index (χ3n) is 4.25. The number of fused-ring (bicyclic) bond motifs is 2. The Morgan fingerprint density at radius 2 is 1.93 bits per heavy atom. The summed E-state index contributed by atoms with van der Waals surface area (Å²) in [5, 5.41) is 0. The molecule has 0 saturated heterocycles. The summed E-state index contributed by atoms with van der Waals surface area (Å²) in [6.07, 6.45) is 6.07. The van der Waals surface area contributed by atoms with Crippen LogP contribution in [0.15, 0.2) is 36.7 Å². The fourth-order valence-electron chi connectivity index (χ4n) is 3.04. The molecule has 1 aromatic carbocycles. The predicted molar refractivity (Wildman–Crippen MR) is 109 cm³/mol. The fourth-order valence-corrected chi connectivity index (χ4v) is 3.76. The Labute approximate surface area is 166 Å². The summed E-state index contributed by atoms with van der Waals surface area (Å²) in [5.74, 6) is 0.846. The van der Waals surface area contributed by atoms with Gasteiger partial charge in [0.25, 0.3) is 0 Å². The first-order valence-corrected chi connectivity index (χ1v) is 10.2. The summed E-state index contributed by atoms with van der Waals surface area (Å²) in [6, 6.07) is 5.60.